The van der Waals surface area contributed by atoms with E-state index in [2.05, 4.69) is 21.2 Å². The summed E-state index contributed by atoms with van der Waals surface area (Å²) in [7, 11) is 0. The topological polar surface area (TPSA) is 32.3 Å². The lowest BCUT2D eigenvalue weighted by Gasteiger charge is -2.25. The van der Waals surface area contributed by atoms with Gasteiger partial charge in [0, 0.05) is 4.47 Å². The van der Waals surface area contributed by atoms with Crippen molar-refractivity contribution in [1.82, 2.24) is 0 Å². The van der Waals surface area contributed by atoms with Crippen molar-refractivity contribution in [3.63, 3.8) is 0 Å². The summed E-state index contributed by atoms with van der Waals surface area (Å²) in [6.45, 7) is 3.54. The lowest BCUT2D eigenvalue weighted by Crippen LogP contribution is -2.35. The van der Waals surface area contributed by atoms with Gasteiger partial charge in [-0.3, -0.25) is 0 Å². The third-order valence-corrected chi connectivity index (χ3v) is 2.29. The second kappa shape index (κ2) is 4.28. The van der Waals surface area contributed by atoms with Crippen LogP contribution in [0.4, 0.5) is 10.1 Å². The Labute approximate surface area is 91.3 Å². The fourth-order valence-electron chi connectivity index (χ4n) is 0.997. The number of nitrogens with one attached hydrogen (secondary N) is 1. The van der Waals surface area contributed by atoms with Crippen molar-refractivity contribution < 1.29 is 9.50 Å². The fourth-order valence-corrected chi connectivity index (χ4v) is 1.36. The summed E-state index contributed by atoms with van der Waals surface area (Å²) in [5.74, 6) is -0.324. The Bertz CT molecular complexity index is 328. The molecule has 1 aromatic rings. The zero-order chi connectivity index (χ0) is 10.8. The van der Waals surface area contributed by atoms with E-state index in [9.17, 15) is 4.39 Å². The van der Waals surface area contributed by atoms with Crippen molar-refractivity contribution in [1.29, 1.82) is 0 Å². The highest BCUT2D eigenvalue weighted by molar-refractivity contribution is 9.10. The van der Waals surface area contributed by atoms with Crippen molar-refractivity contribution >= 4 is 21.6 Å². The summed E-state index contributed by atoms with van der Waals surface area (Å²) in [5, 5.41) is 11.9. The summed E-state index contributed by atoms with van der Waals surface area (Å²) in [6.07, 6.45) is 0. The molecule has 0 atom stereocenters. The number of rotatable bonds is 3. The van der Waals surface area contributed by atoms with E-state index in [1.54, 1.807) is 26.0 Å². The van der Waals surface area contributed by atoms with E-state index >= 15 is 0 Å². The predicted octanol–water partition coefficient (Wildman–Crippen LogP) is 2.77. The number of hydrogen-bond donors (Lipinski definition) is 2. The van der Waals surface area contributed by atoms with Crippen LogP contribution in [0.25, 0.3) is 0 Å². The number of halogens is 2. The van der Waals surface area contributed by atoms with E-state index < -0.39 is 5.54 Å². The molecule has 0 saturated carbocycles. The molecular formula is C10H13BrFNO. The molecule has 0 unspecified atom stereocenters. The van der Waals surface area contributed by atoms with Crippen molar-refractivity contribution in [2.75, 3.05) is 11.9 Å². The number of aliphatic hydroxyl groups excluding tert-OH is 1. The summed E-state index contributed by atoms with van der Waals surface area (Å²) < 4.78 is 14.1. The van der Waals surface area contributed by atoms with Crippen LogP contribution in [-0.2, 0) is 0 Å². The minimum Gasteiger partial charge on any atom is -0.394 e. The molecular weight excluding hydrogens is 249 g/mol. The molecule has 0 spiro atoms. The Kier molecular flexibility index (Phi) is 3.50. The van der Waals surface area contributed by atoms with Crippen molar-refractivity contribution in [3.8, 4) is 0 Å². The van der Waals surface area contributed by atoms with Crippen LogP contribution in [0.1, 0.15) is 13.8 Å². The third-order valence-electron chi connectivity index (χ3n) is 1.80. The van der Waals surface area contributed by atoms with E-state index in [-0.39, 0.29) is 12.4 Å². The predicted molar refractivity (Wildman–Crippen MR) is 58.9 cm³/mol. The second-order valence-electron chi connectivity index (χ2n) is 3.79. The highest BCUT2D eigenvalue weighted by Gasteiger charge is 2.17. The van der Waals surface area contributed by atoms with Crippen LogP contribution < -0.4 is 5.32 Å². The van der Waals surface area contributed by atoms with Gasteiger partial charge in [0.15, 0.2) is 0 Å². The van der Waals surface area contributed by atoms with Gasteiger partial charge in [0.05, 0.1) is 17.8 Å². The normalized spacial score (nSPS) is 11.5. The van der Waals surface area contributed by atoms with Gasteiger partial charge in [-0.15, -0.1) is 0 Å². The number of anilines is 1. The average molecular weight is 262 g/mol. The first-order valence-electron chi connectivity index (χ1n) is 4.29. The second-order valence-corrected chi connectivity index (χ2v) is 4.71. The average Bonchev–Trinajstić information content (AvgIpc) is 2.11. The molecule has 1 rings (SSSR count). The minimum absolute atomic E-state index is 0.0566. The van der Waals surface area contributed by atoms with E-state index in [4.69, 9.17) is 5.11 Å². The van der Waals surface area contributed by atoms with Crippen molar-refractivity contribution in [3.05, 3.63) is 28.5 Å². The van der Waals surface area contributed by atoms with Gasteiger partial charge in [0.2, 0.25) is 0 Å². The van der Waals surface area contributed by atoms with E-state index in [0.29, 0.717) is 5.69 Å². The third kappa shape index (κ3) is 2.96. The van der Waals surface area contributed by atoms with Gasteiger partial charge in [-0.25, -0.2) is 4.39 Å². The van der Waals surface area contributed by atoms with Crippen LogP contribution in [0.2, 0.25) is 0 Å². The SMILES string of the molecule is CC(C)(CO)Nc1cc(Br)ccc1F. The Hall–Kier alpha value is -0.610. The summed E-state index contributed by atoms with van der Waals surface area (Å²) in [4.78, 5) is 0. The summed E-state index contributed by atoms with van der Waals surface area (Å²) in [5.41, 5.74) is -0.139. The van der Waals surface area contributed by atoms with E-state index in [0.717, 1.165) is 4.47 Å². The molecule has 78 valence electrons. The van der Waals surface area contributed by atoms with Crippen LogP contribution in [0, 0.1) is 5.82 Å². The largest absolute Gasteiger partial charge is 0.394 e. The maximum Gasteiger partial charge on any atom is 0.146 e. The summed E-state index contributed by atoms with van der Waals surface area (Å²) >= 11 is 3.26. The number of benzene rings is 1. The van der Waals surface area contributed by atoms with Crippen molar-refractivity contribution in [2.45, 2.75) is 19.4 Å². The van der Waals surface area contributed by atoms with Gasteiger partial charge in [0.1, 0.15) is 5.82 Å². The molecule has 0 bridgehead atoms. The highest BCUT2D eigenvalue weighted by atomic mass is 79.9. The highest BCUT2D eigenvalue weighted by Crippen LogP contribution is 2.22. The monoisotopic (exact) mass is 261 g/mol. The molecule has 2 N–H and O–H groups in total. The Morgan fingerprint density at radius 2 is 2.14 bits per heavy atom. The van der Waals surface area contributed by atoms with E-state index in [1.165, 1.54) is 6.07 Å². The smallest absolute Gasteiger partial charge is 0.146 e. The maximum atomic E-state index is 13.3. The van der Waals surface area contributed by atoms with Crippen LogP contribution >= 0.6 is 15.9 Å². The van der Waals surface area contributed by atoms with Crippen molar-refractivity contribution in [2.24, 2.45) is 0 Å². The lowest BCUT2D eigenvalue weighted by atomic mass is 10.1. The van der Waals surface area contributed by atoms with Crippen LogP contribution in [0.15, 0.2) is 22.7 Å². The standard InChI is InChI=1S/C10H13BrFNO/c1-10(2,6-14)13-9-5-7(11)3-4-8(9)12/h3-5,13-14H,6H2,1-2H3. The van der Waals surface area contributed by atoms with E-state index in [1.807, 2.05) is 0 Å². The molecule has 1 aromatic carbocycles. The fraction of sp³-hybridized carbons (Fsp3) is 0.400. The van der Waals surface area contributed by atoms with Crippen LogP contribution in [-0.4, -0.2) is 17.3 Å². The molecule has 0 aromatic heterocycles. The zero-order valence-electron chi connectivity index (χ0n) is 8.14. The molecule has 2 nitrogen and oxygen atoms in total. The quantitative estimate of drug-likeness (QED) is 0.877. The molecule has 0 aliphatic rings. The van der Waals surface area contributed by atoms with Gasteiger partial charge in [-0.2, -0.15) is 0 Å². The molecule has 0 radical (unpaired) electrons. The Morgan fingerprint density at radius 3 is 2.71 bits per heavy atom. The van der Waals surface area contributed by atoms with Crippen LogP contribution in [0.3, 0.4) is 0 Å². The Balaban J connectivity index is 2.91. The number of aliphatic hydroxyl groups is 1. The summed E-state index contributed by atoms with van der Waals surface area (Å²) in [6, 6.07) is 4.65. The molecule has 0 heterocycles. The first kappa shape index (κ1) is 11.5. The molecule has 0 aliphatic heterocycles. The minimum atomic E-state index is -0.526. The lowest BCUT2D eigenvalue weighted by molar-refractivity contribution is 0.234. The van der Waals surface area contributed by atoms with Gasteiger partial charge in [-0.1, -0.05) is 15.9 Å². The first-order valence-corrected chi connectivity index (χ1v) is 5.08. The van der Waals surface area contributed by atoms with Gasteiger partial charge < -0.3 is 10.4 Å². The Morgan fingerprint density at radius 1 is 1.50 bits per heavy atom. The molecule has 0 fully saturated rings. The number of hydrogen-bond acceptors (Lipinski definition) is 2. The molecule has 0 aliphatic carbocycles. The molecule has 0 amide bonds. The van der Waals surface area contributed by atoms with Gasteiger partial charge >= 0.3 is 0 Å². The first-order chi connectivity index (χ1) is 6.44. The van der Waals surface area contributed by atoms with Gasteiger partial charge in [-0.05, 0) is 32.0 Å². The zero-order valence-corrected chi connectivity index (χ0v) is 9.73. The van der Waals surface area contributed by atoms with Crippen LogP contribution in [0.5, 0.6) is 0 Å². The maximum absolute atomic E-state index is 13.3. The molecule has 14 heavy (non-hydrogen) atoms. The molecule has 4 heteroatoms. The van der Waals surface area contributed by atoms with Gasteiger partial charge in [0.25, 0.3) is 0 Å². The molecule has 0 saturated heterocycles.